The van der Waals surface area contributed by atoms with Crippen LogP contribution in [0.5, 0.6) is 5.75 Å². The summed E-state index contributed by atoms with van der Waals surface area (Å²) in [7, 11) is 0. The molecule has 2 aromatic carbocycles. The van der Waals surface area contributed by atoms with Crippen LogP contribution in [0.1, 0.15) is 11.7 Å². The van der Waals surface area contributed by atoms with Crippen molar-refractivity contribution in [2.45, 2.75) is 6.17 Å². The van der Waals surface area contributed by atoms with Gasteiger partial charge in [0.2, 0.25) is 11.7 Å². The molecule has 9 nitrogen and oxygen atoms in total. The Labute approximate surface area is 135 Å². The Hall–Kier alpha value is -3.62. The Kier molecular flexibility index (Phi) is 2.89. The van der Waals surface area contributed by atoms with Crippen LogP contribution >= 0.6 is 0 Å². The van der Waals surface area contributed by atoms with Crippen LogP contribution < -0.4 is 11.1 Å². The molecule has 0 spiro atoms. The van der Waals surface area contributed by atoms with E-state index in [2.05, 4.69) is 15.3 Å². The number of nitrogens with two attached hydrogens (primary N) is 1. The zero-order chi connectivity index (χ0) is 16.8. The number of anilines is 1. The Morgan fingerprint density at radius 2 is 2.04 bits per heavy atom. The number of benzene rings is 2. The van der Waals surface area contributed by atoms with Gasteiger partial charge in [-0.2, -0.15) is 0 Å². The highest BCUT2D eigenvalue weighted by atomic mass is 16.6. The number of imidazole rings is 1. The molecule has 9 heteroatoms. The predicted octanol–water partition coefficient (Wildman–Crippen LogP) is 1.94. The SMILES string of the molecule is NC1=NC(c2cccc([N+](=O)[O-])c2O)n2c(nc3ccccc32)N1. The summed E-state index contributed by atoms with van der Waals surface area (Å²) >= 11 is 0. The van der Waals surface area contributed by atoms with Gasteiger partial charge in [-0.3, -0.25) is 20.0 Å². The van der Waals surface area contributed by atoms with Crippen molar-refractivity contribution in [3.63, 3.8) is 0 Å². The molecule has 0 saturated carbocycles. The van der Waals surface area contributed by atoms with E-state index >= 15 is 0 Å². The fraction of sp³-hybridized carbons (Fsp3) is 0.0667. The maximum atomic E-state index is 11.1. The lowest BCUT2D eigenvalue weighted by molar-refractivity contribution is -0.386. The fourth-order valence-corrected chi connectivity index (χ4v) is 2.83. The normalized spacial score (nSPS) is 16.3. The molecule has 1 aromatic heterocycles. The number of aromatic nitrogens is 2. The third kappa shape index (κ3) is 1.95. The molecule has 0 saturated heterocycles. The van der Waals surface area contributed by atoms with Crippen molar-refractivity contribution in [3.05, 3.63) is 58.1 Å². The number of nitro groups is 1. The third-order valence-electron chi connectivity index (χ3n) is 3.86. The van der Waals surface area contributed by atoms with Gasteiger partial charge in [0, 0.05) is 11.6 Å². The van der Waals surface area contributed by atoms with Gasteiger partial charge in [0.25, 0.3) is 0 Å². The summed E-state index contributed by atoms with van der Waals surface area (Å²) in [6, 6.07) is 11.7. The number of phenols is 1. The molecular formula is C15H12N6O3. The van der Waals surface area contributed by atoms with E-state index in [1.807, 2.05) is 24.3 Å². The molecule has 4 rings (SSSR count). The van der Waals surface area contributed by atoms with Crippen molar-refractivity contribution in [3.8, 4) is 5.75 Å². The summed E-state index contributed by atoms with van der Waals surface area (Å²) in [6.07, 6.45) is -0.756. The van der Waals surface area contributed by atoms with Gasteiger partial charge in [0.05, 0.1) is 16.0 Å². The minimum absolute atomic E-state index is 0.119. The second-order valence-corrected chi connectivity index (χ2v) is 5.28. The fourth-order valence-electron chi connectivity index (χ4n) is 2.83. The van der Waals surface area contributed by atoms with Gasteiger partial charge in [0.1, 0.15) is 0 Å². The summed E-state index contributed by atoms with van der Waals surface area (Å²) in [4.78, 5) is 19.2. The number of phenolic OH excluding ortho intramolecular Hbond substituents is 1. The minimum atomic E-state index is -0.756. The number of para-hydroxylation sites is 3. The molecule has 1 unspecified atom stereocenters. The number of nitro benzene ring substituents is 1. The second kappa shape index (κ2) is 4.95. The summed E-state index contributed by atoms with van der Waals surface area (Å²) in [6.45, 7) is 0. The molecule has 0 bridgehead atoms. The first-order valence-corrected chi connectivity index (χ1v) is 7.10. The first-order valence-electron chi connectivity index (χ1n) is 7.10. The second-order valence-electron chi connectivity index (χ2n) is 5.28. The topological polar surface area (TPSA) is 132 Å². The lowest BCUT2D eigenvalue weighted by Crippen LogP contribution is -2.31. The van der Waals surface area contributed by atoms with Crippen LogP contribution in [0.15, 0.2) is 47.5 Å². The smallest absolute Gasteiger partial charge is 0.311 e. The maximum absolute atomic E-state index is 11.1. The van der Waals surface area contributed by atoms with E-state index in [0.717, 1.165) is 11.0 Å². The van der Waals surface area contributed by atoms with E-state index in [4.69, 9.17) is 5.73 Å². The van der Waals surface area contributed by atoms with Crippen LogP contribution in [0.3, 0.4) is 0 Å². The average molecular weight is 324 g/mol. The van der Waals surface area contributed by atoms with Crippen LogP contribution in [0.4, 0.5) is 11.6 Å². The summed E-state index contributed by atoms with van der Waals surface area (Å²) in [5.74, 6) is 0.142. The standard InChI is InChI=1S/C15H12N6O3/c16-14-18-13(8-4-3-7-11(12(8)22)21(23)24)20-10-6-2-1-5-9(10)17-15(20)19-14/h1-7,13,22H,(H3,16,17,18,19). The maximum Gasteiger partial charge on any atom is 0.311 e. The number of aromatic hydroxyl groups is 1. The van der Waals surface area contributed by atoms with Crippen molar-refractivity contribution in [2.24, 2.45) is 10.7 Å². The van der Waals surface area contributed by atoms with E-state index in [9.17, 15) is 15.2 Å². The number of hydrogen-bond donors (Lipinski definition) is 3. The number of rotatable bonds is 2. The number of nitrogens with one attached hydrogen (secondary N) is 1. The van der Waals surface area contributed by atoms with E-state index in [0.29, 0.717) is 5.95 Å². The quantitative estimate of drug-likeness (QED) is 0.487. The van der Waals surface area contributed by atoms with Gasteiger partial charge in [-0.25, -0.2) is 9.98 Å². The number of nitrogens with zero attached hydrogens (tertiary/aromatic N) is 4. The van der Waals surface area contributed by atoms with Crippen molar-refractivity contribution < 1.29 is 10.0 Å². The monoisotopic (exact) mass is 324 g/mol. The zero-order valence-electron chi connectivity index (χ0n) is 12.2. The van der Waals surface area contributed by atoms with Crippen LogP contribution in [0, 0.1) is 10.1 Å². The number of hydrogen-bond acceptors (Lipinski definition) is 7. The highest BCUT2D eigenvalue weighted by Gasteiger charge is 2.29. The van der Waals surface area contributed by atoms with Crippen molar-refractivity contribution in [1.29, 1.82) is 0 Å². The van der Waals surface area contributed by atoms with Gasteiger partial charge < -0.3 is 10.8 Å². The molecule has 4 N–H and O–H groups in total. The lowest BCUT2D eigenvalue weighted by Gasteiger charge is -2.24. The van der Waals surface area contributed by atoms with Gasteiger partial charge in [-0.1, -0.05) is 24.3 Å². The number of aliphatic imine (C=N–C) groups is 1. The Balaban J connectivity index is 1.98. The molecule has 1 aliphatic heterocycles. The lowest BCUT2D eigenvalue weighted by atomic mass is 10.1. The van der Waals surface area contributed by atoms with Crippen LogP contribution in [-0.2, 0) is 0 Å². The average Bonchev–Trinajstić information content (AvgIpc) is 2.92. The molecule has 1 aliphatic rings. The van der Waals surface area contributed by atoms with E-state index in [1.165, 1.54) is 12.1 Å². The first kappa shape index (κ1) is 14.0. The van der Waals surface area contributed by atoms with Crippen LogP contribution in [-0.4, -0.2) is 25.5 Å². The molecule has 0 amide bonds. The predicted molar refractivity (Wildman–Crippen MR) is 87.9 cm³/mol. The van der Waals surface area contributed by atoms with Crippen molar-refractivity contribution >= 4 is 28.6 Å². The molecule has 3 aromatic rings. The van der Waals surface area contributed by atoms with E-state index in [-0.39, 0.29) is 17.2 Å². The Morgan fingerprint density at radius 3 is 2.83 bits per heavy atom. The largest absolute Gasteiger partial charge is 0.502 e. The molecular weight excluding hydrogens is 312 g/mol. The number of fused-ring (bicyclic) bond motifs is 3. The molecule has 1 atom stereocenters. The molecule has 0 radical (unpaired) electrons. The van der Waals surface area contributed by atoms with Gasteiger partial charge in [-0.15, -0.1) is 0 Å². The van der Waals surface area contributed by atoms with Crippen LogP contribution in [0.25, 0.3) is 11.0 Å². The minimum Gasteiger partial charge on any atom is -0.502 e. The highest BCUT2D eigenvalue weighted by molar-refractivity contribution is 5.94. The summed E-state index contributed by atoms with van der Waals surface area (Å²) in [5, 5.41) is 24.3. The van der Waals surface area contributed by atoms with E-state index in [1.54, 1.807) is 10.6 Å². The Morgan fingerprint density at radius 1 is 1.25 bits per heavy atom. The highest BCUT2D eigenvalue weighted by Crippen LogP contribution is 2.39. The summed E-state index contributed by atoms with van der Waals surface area (Å²) < 4.78 is 1.74. The first-order chi connectivity index (χ1) is 11.6. The number of guanidine groups is 1. The van der Waals surface area contributed by atoms with Gasteiger partial charge >= 0.3 is 5.69 Å². The van der Waals surface area contributed by atoms with E-state index < -0.39 is 16.8 Å². The molecule has 24 heavy (non-hydrogen) atoms. The van der Waals surface area contributed by atoms with Gasteiger partial charge in [0.15, 0.2) is 12.1 Å². The molecule has 2 heterocycles. The van der Waals surface area contributed by atoms with Crippen molar-refractivity contribution in [2.75, 3.05) is 5.32 Å². The van der Waals surface area contributed by atoms with Crippen molar-refractivity contribution in [1.82, 2.24) is 9.55 Å². The Bertz CT molecular complexity index is 1010. The van der Waals surface area contributed by atoms with Crippen LogP contribution in [0.2, 0.25) is 0 Å². The molecule has 120 valence electrons. The summed E-state index contributed by atoms with van der Waals surface area (Å²) in [5.41, 5.74) is 7.20. The zero-order valence-corrected chi connectivity index (χ0v) is 12.2. The molecule has 0 fully saturated rings. The molecule has 0 aliphatic carbocycles. The van der Waals surface area contributed by atoms with Gasteiger partial charge in [-0.05, 0) is 12.1 Å². The third-order valence-corrected chi connectivity index (χ3v) is 3.86.